The maximum absolute atomic E-state index is 12.3. The molecule has 1 aliphatic rings. The van der Waals surface area contributed by atoms with Gasteiger partial charge in [0.1, 0.15) is 0 Å². The standard InChI is InChI=1S/C9H15F3N2O2/c1-8(13,9(10,11)12)7(15)14-16-6-4-2-3-5-6/h6H,2-5,13H2,1H3,(H,14,15). The molecule has 0 spiro atoms. The van der Waals surface area contributed by atoms with Crippen molar-refractivity contribution in [2.24, 2.45) is 5.73 Å². The molecule has 1 saturated carbocycles. The fourth-order valence-electron chi connectivity index (χ4n) is 1.38. The van der Waals surface area contributed by atoms with Gasteiger partial charge >= 0.3 is 6.18 Å². The molecule has 0 bridgehead atoms. The van der Waals surface area contributed by atoms with Crippen LogP contribution in [0.25, 0.3) is 0 Å². The van der Waals surface area contributed by atoms with Crippen LogP contribution in [0.15, 0.2) is 0 Å². The highest BCUT2D eigenvalue weighted by Gasteiger charge is 2.54. The summed E-state index contributed by atoms with van der Waals surface area (Å²) in [6.45, 7) is 0.611. The fraction of sp³-hybridized carbons (Fsp3) is 0.889. The van der Waals surface area contributed by atoms with Crippen molar-refractivity contribution in [1.29, 1.82) is 0 Å². The number of hydroxylamine groups is 1. The third-order valence-electron chi connectivity index (χ3n) is 2.68. The highest BCUT2D eigenvalue weighted by molar-refractivity contribution is 5.85. The largest absolute Gasteiger partial charge is 0.415 e. The van der Waals surface area contributed by atoms with Crippen molar-refractivity contribution in [3.05, 3.63) is 0 Å². The summed E-state index contributed by atoms with van der Waals surface area (Å²) in [6, 6.07) is 0. The van der Waals surface area contributed by atoms with Gasteiger partial charge in [-0.2, -0.15) is 13.2 Å². The number of carbonyl (C=O) groups excluding carboxylic acids is 1. The molecule has 0 saturated heterocycles. The molecule has 7 heteroatoms. The van der Waals surface area contributed by atoms with E-state index < -0.39 is 17.6 Å². The average molecular weight is 240 g/mol. The van der Waals surface area contributed by atoms with Gasteiger partial charge in [-0.05, 0) is 19.8 Å². The zero-order valence-electron chi connectivity index (χ0n) is 8.93. The number of hydrogen-bond acceptors (Lipinski definition) is 3. The zero-order chi connectivity index (χ0) is 12.4. The van der Waals surface area contributed by atoms with Gasteiger partial charge in [0.05, 0.1) is 6.10 Å². The minimum Gasteiger partial charge on any atom is -0.310 e. The van der Waals surface area contributed by atoms with Crippen molar-refractivity contribution in [3.8, 4) is 0 Å². The van der Waals surface area contributed by atoms with Crippen molar-refractivity contribution >= 4 is 5.91 Å². The van der Waals surface area contributed by atoms with E-state index in [1.807, 2.05) is 0 Å². The van der Waals surface area contributed by atoms with Crippen LogP contribution in [0.1, 0.15) is 32.6 Å². The van der Waals surface area contributed by atoms with Gasteiger partial charge in [-0.15, -0.1) is 0 Å². The Labute approximate surface area is 91.3 Å². The first-order chi connectivity index (χ1) is 7.25. The van der Waals surface area contributed by atoms with Crippen molar-refractivity contribution in [2.75, 3.05) is 0 Å². The van der Waals surface area contributed by atoms with E-state index in [0.717, 1.165) is 25.7 Å². The molecule has 1 rings (SSSR count). The second-order valence-electron chi connectivity index (χ2n) is 4.16. The van der Waals surface area contributed by atoms with E-state index in [0.29, 0.717) is 6.92 Å². The molecular weight excluding hydrogens is 225 g/mol. The van der Waals surface area contributed by atoms with Crippen LogP contribution in [0.5, 0.6) is 0 Å². The van der Waals surface area contributed by atoms with Crippen LogP contribution in [0.2, 0.25) is 0 Å². The summed E-state index contributed by atoms with van der Waals surface area (Å²) in [4.78, 5) is 16.1. The first kappa shape index (κ1) is 13.2. The lowest BCUT2D eigenvalue weighted by Gasteiger charge is -2.26. The maximum atomic E-state index is 12.3. The van der Waals surface area contributed by atoms with Gasteiger partial charge < -0.3 is 5.73 Å². The van der Waals surface area contributed by atoms with Crippen LogP contribution in [0, 0.1) is 0 Å². The Hall–Kier alpha value is -0.820. The Morgan fingerprint density at radius 3 is 2.31 bits per heavy atom. The van der Waals surface area contributed by atoms with Gasteiger partial charge in [-0.1, -0.05) is 12.8 Å². The molecule has 0 aromatic rings. The van der Waals surface area contributed by atoms with Crippen molar-refractivity contribution in [3.63, 3.8) is 0 Å². The minimum atomic E-state index is -4.80. The van der Waals surface area contributed by atoms with Crippen LogP contribution in [-0.2, 0) is 9.63 Å². The molecular formula is C9H15F3N2O2. The van der Waals surface area contributed by atoms with E-state index in [2.05, 4.69) is 0 Å². The number of nitrogens with two attached hydrogens (primary N) is 1. The lowest BCUT2D eigenvalue weighted by molar-refractivity contribution is -0.195. The number of hydrogen-bond donors (Lipinski definition) is 2. The highest BCUT2D eigenvalue weighted by Crippen LogP contribution is 2.28. The smallest absolute Gasteiger partial charge is 0.310 e. The van der Waals surface area contributed by atoms with E-state index in [1.54, 1.807) is 5.48 Å². The topological polar surface area (TPSA) is 64.4 Å². The summed E-state index contributed by atoms with van der Waals surface area (Å²) in [5, 5.41) is 0. The maximum Gasteiger partial charge on any atom is 0.415 e. The lowest BCUT2D eigenvalue weighted by atomic mass is 10.0. The SMILES string of the molecule is CC(N)(C(=O)NOC1CCCC1)C(F)(F)F. The number of nitrogens with one attached hydrogen (secondary N) is 1. The first-order valence-electron chi connectivity index (χ1n) is 5.07. The molecule has 0 aromatic carbocycles. The normalized spacial score (nSPS) is 21.8. The van der Waals surface area contributed by atoms with Crippen molar-refractivity contribution in [1.82, 2.24) is 5.48 Å². The van der Waals surface area contributed by atoms with Crippen LogP contribution in [-0.4, -0.2) is 23.7 Å². The van der Waals surface area contributed by atoms with E-state index in [4.69, 9.17) is 10.6 Å². The van der Waals surface area contributed by atoms with Gasteiger partial charge in [0.15, 0.2) is 5.54 Å². The summed E-state index contributed by atoms with van der Waals surface area (Å²) in [7, 11) is 0. The summed E-state index contributed by atoms with van der Waals surface area (Å²) in [5.74, 6) is -1.37. The number of carbonyl (C=O) groups is 1. The third kappa shape index (κ3) is 2.85. The average Bonchev–Trinajstić information content (AvgIpc) is 2.64. The summed E-state index contributed by atoms with van der Waals surface area (Å²) in [6.07, 6.45) is -1.59. The second-order valence-corrected chi connectivity index (χ2v) is 4.16. The van der Waals surface area contributed by atoms with Crippen LogP contribution >= 0.6 is 0 Å². The molecule has 1 fully saturated rings. The van der Waals surface area contributed by atoms with Crippen molar-refractivity contribution < 1.29 is 22.8 Å². The Morgan fingerprint density at radius 2 is 1.88 bits per heavy atom. The highest BCUT2D eigenvalue weighted by atomic mass is 19.4. The van der Waals surface area contributed by atoms with Gasteiger partial charge in [0.2, 0.25) is 0 Å². The Kier molecular flexibility index (Phi) is 3.80. The van der Waals surface area contributed by atoms with Gasteiger partial charge in [-0.3, -0.25) is 9.63 Å². The molecule has 16 heavy (non-hydrogen) atoms. The molecule has 3 N–H and O–H groups in total. The zero-order valence-corrected chi connectivity index (χ0v) is 8.93. The van der Waals surface area contributed by atoms with Crippen LogP contribution in [0.3, 0.4) is 0 Å². The Balaban J connectivity index is 2.45. The molecule has 0 aromatic heterocycles. The third-order valence-corrected chi connectivity index (χ3v) is 2.68. The first-order valence-corrected chi connectivity index (χ1v) is 5.07. The molecule has 4 nitrogen and oxygen atoms in total. The predicted molar refractivity (Wildman–Crippen MR) is 50.1 cm³/mol. The number of halogens is 3. The van der Waals surface area contributed by atoms with E-state index in [9.17, 15) is 18.0 Å². The Morgan fingerprint density at radius 1 is 1.38 bits per heavy atom. The molecule has 1 unspecified atom stereocenters. The monoisotopic (exact) mass is 240 g/mol. The Bertz CT molecular complexity index is 260. The summed E-state index contributed by atoms with van der Waals surface area (Å²) >= 11 is 0. The van der Waals surface area contributed by atoms with E-state index >= 15 is 0 Å². The molecule has 0 aliphatic heterocycles. The predicted octanol–water partition coefficient (Wildman–Crippen LogP) is 1.26. The molecule has 94 valence electrons. The van der Waals surface area contributed by atoms with Crippen LogP contribution < -0.4 is 11.2 Å². The molecule has 1 atom stereocenters. The van der Waals surface area contributed by atoms with Crippen molar-refractivity contribution in [2.45, 2.75) is 50.4 Å². The number of alkyl halides is 3. The fourth-order valence-corrected chi connectivity index (χ4v) is 1.38. The molecule has 0 radical (unpaired) electrons. The van der Waals surface area contributed by atoms with Gasteiger partial charge in [0, 0.05) is 0 Å². The quantitative estimate of drug-likeness (QED) is 0.730. The molecule has 0 heterocycles. The minimum absolute atomic E-state index is 0.201. The van der Waals surface area contributed by atoms with Gasteiger partial charge in [-0.25, -0.2) is 5.48 Å². The number of rotatable bonds is 3. The number of amides is 1. The summed E-state index contributed by atoms with van der Waals surface area (Å²) in [5.41, 5.74) is 3.77. The summed E-state index contributed by atoms with van der Waals surface area (Å²) < 4.78 is 37.0. The van der Waals surface area contributed by atoms with Gasteiger partial charge in [0.25, 0.3) is 5.91 Å². The molecule has 1 amide bonds. The van der Waals surface area contributed by atoms with E-state index in [-0.39, 0.29) is 6.10 Å². The van der Waals surface area contributed by atoms with E-state index in [1.165, 1.54) is 0 Å². The van der Waals surface area contributed by atoms with Crippen LogP contribution in [0.4, 0.5) is 13.2 Å². The lowest BCUT2D eigenvalue weighted by Crippen LogP contribution is -2.61. The second kappa shape index (κ2) is 4.58. The molecule has 1 aliphatic carbocycles.